The maximum absolute atomic E-state index is 13.8. The SMILES string of the molecule is Cc1cc(-c2nc3ccccc3n2C(C(=O)NC2CCCCC2)C2CCCCC2)on1. The molecule has 2 heterocycles. The maximum Gasteiger partial charge on any atom is 0.243 e. The minimum Gasteiger partial charge on any atom is -0.353 e. The lowest BCUT2D eigenvalue weighted by Crippen LogP contribution is -2.43. The summed E-state index contributed by atoms with van der Waals surface area (Å²) in [5.41, 5.74) is 2.69. The average Bonchev–Trinajstić information content (AvgIpc) is 3.39. The van der Waals surface area contributed by atoms with Gasteiger partial charge in [-0.05, 0) is 50.7 Å². The van der Waals surface area contributed by atoms with E-state index < -0.39 is 0 Å². The Morgan fingerprint density at radius 1 is 1.06 bits per heavy atom. The number of benzene rings is 1. The smallest absolute Gasteiger partial charge is 0.243 e. The van der Waals surface area contributed by atoms with Crippen molar-refractivity contribution in [1.82, 2.24) is 20.0 Å². The second-order valence-corrected chi connectivity index (χ2v) is 9.31. The molecule has 31 heavy (non-hydrogen) atoms. The molecule has 2 saturated carbocycles. The first kappa shape index (κ1) is 20.3. The molecule has 1 amide bonds. The Balaban J connectivity index is 1.60. The molecular weight excluding hydrogens is 388 g/mol. The zero-order chi connectivity index (χ0) is 21.2. The Bertz CT molecular complexity index is 1040. The molecule has 5 rings (SSSR count). The summed E-state index contributed by atoms with van der Waals surface area (Å²) in [6.45, 7) is 1.91. The summed E-state index contributed by atoms with van der Waals surface area (Å²) in [5.74, 6) is 1.77. The van der Waals surface area contributed by atoms with Crippen molar-refractivity contribution in [3.05, 3.63) is 36.0 Å². The minimum absolute atomic E-state index is 0.138. The molecule has 3 aromatic rings. The van der Waals surface area contributed by atoms with Crippen molar-refractivity contribution < 1.29 is 9.32 Å². The number of para-hydroxylation sites is 2. The number of fused-ring (bicyclic) bond motifs is 1. The molecule has 1 atom stereocenters. The van der Waals surface area contributed by atoms with Crippen molar-refractivity contribution in [3.8, 4) is 11.6 Å². The highest BCUT2D eigenvalue weighted by Gasteiger charge is 2.35. The second kappa shape index (κ2) is 8.85. The van der Waals surface area contributed by atoms with Gasteiger partial charge in [-0.3, -0.25) is 4.79 Å². The summed E-state index contributed by atoms with van der Waals surface area (Å²) in [7, 11) is 0. The van der Waals surface area contributed by atoms with E-state index in [2.05, 4.69) is 21.1 Å². The lowest BCUT2D eigenvalue weighted by atomic mass is 9.82. The van der Waals surface area contributed by atoms with Crippen LogP contribution in [0.2, 0.25) is 0 Å². The second-order valence-electron chi connectivity index (χ2n) is 9.31. The van der Waals surface area contributed by atoms with E-state index in [1.54, 1.807) is 0 Å². The number of carbonyl (C=O) groups is 1. The van der Waals surface area contributed by atoms with Gasteiger partial charge in [-0.15, -0.1) is 0 Å². The number of aromatic nitrogens is 3. The van der Waals surface area contributed by atoms with Crippen molar-refractivity contribution in [1.29, 1.82) is 0 Å². The standard InChI is InChI=1S/C25H32N4O2/c1-17-16-22(31-28-17)24-27-20-14-8-9-15-21(20)29(24)23(18-10-4-2-5-11-18)25(30)26-19-12-6-3-7-13-19/h8-9,14-16,18-19,23H,2-7,10-13H2,1H3,(H,26,30). The van der Waals surface area contributed by atoms with Crippen LogP contribution in [-0.2, 0) is 4.79 Å². The van der Waals surface area contributed by atoms with Crippen LogP contribution in [0.1, 0.15) is 75.9 Å². The first-order valence-electron chi connectivity index (χ1n) is 11.9. The lowest BCUT2D eigenvalue weighted by Gasteiger charge is -2.33. The predicted molar refractivity (Wildman–Crippen MR) is 121 cm³/mol. The molecule has 0 bridgehead atoms. The summed E-state index contributed by atoms with van der Waals surface area (Å²) < 4.78 is 7.77. The molecular formula is C25H32N4O2. The highest BCUT2D eigenvalue weighted by atomic mass is 16.5. The fourth-order valence-electron chi connectivity index (χ4n) is 5.49. The van der Waals surface area contributed by atoms with Gasteiger partial charge >= 0.3 is 0 Å². The number of aryl methyl sites for hydroxylation is 1. The summed E-state index contributed by atoms with van der Waals surface area (Å²) in [4.78, 5) is 18.7. The Kier molecular flexibility index (Phi) is 5.79. The van der Waals surface area contributed by atoms with Gasteiger partial charge in [-0.1, -0.05) is 55.8 Å². The normalized spacial score (nSPS) is 19.5. The van der Waals surface area contributed by atoms with E-state index in [0.29, 0.717) is 17.5 Å². The van der Waals surface area contributed by atoms with Gasteiger partial charge in [0.05, 0.1) is 16.7 Å². The predicted octanol–water partition coefficient (Wildman–Crippen LogP) is 5.57. The zero-order valence-electron chi connectivity index (χ0n) is 18.3. The van der Waals surface area contributed by atoms with E-state index in [4.69, 9.17) is 9.51 Å². The number of hydrogen-bond acceptors (Lipinski definition) is 4. The molecule has 0 aliphatic heterocycles. The topological polar surface area (TPSA) is 73.0 Å². The molecule has 0 spiro atoms. The fourth-order valence-corrected chi connectivity index (χ4v) is 5.49. The van der Waals surface area contributed by atoms with Crippen LogP contribution in [-0.4, -0.2) is 26.7 Å². The first-order valence-corrected chi connectivity index (χ1v) is 11.9. The van der Waals surface area contributed by atoms with E-state index in [1.165, 1.54) is 38.5 Å². The lowest BCUT2D eigenvalue weighted by molar-refractivity contribution is -0.127. The Morgan fingerprint density at radius 3 is 2.48 bits per heavy atom. The summed E-state index contributed by atoms with van der Waals surface area (Å²) in [6, 6.07) is 10.0. The molecule has 1 N–H and O–H groups in total. The summed E-state index contributed by atoms with van der Waals surface area (Å²) >= 11 is 0. The van der Waals surface area contributed by atoms with Gasteiger partial charge in [0.2, 0.25) is 11.7 Å². The van der Waals surface area contributed by atoms with Crippen molar-refractivity contribution in [3.63, 3.8) is 0 Å². The zero-order valence-corrected chi connectivity index (χ0v) is 18.3. The molecule has 164 valence electrons. The molecule has 6 heteroatoms. The van der Waals surface area contributed by atoms with Crippen LogP contribution in [0.5, 0.6) is 0 Å². The van der Waals surface area contributed by atoms with Crippen molar-refractivity contribution in [2.75, 3.05) is 0 Å². The van der Waals surface area contributed by atoms with Crippen LogP contribution in [0.15, 0.2) is 34.9 Å². The van der Waals surface area contributed by atoms with E-state index >= 15 is 0 Å². The quantitative estimate of drug-likeness (QED) is 0.586. The Morgan fingerprint density at radius 2 is 1.77 bits per heavy atom. The molecule has 1 aromatic carbocycles. The Labute approximate surface area is 183 Å². The van der Waals surface area contributed by atoms with Gasteiger partial charge in [0.25, 0.3) is 0 Å². The number of nitrogens with zero attached hydrogens (tertiary/aromatic N) is 3. The summed E-state index contributed by atoms with van der Waals surface area (Å²) in [5, 5.41) is 7.51. The molecule has 2 fully saturated rings. The van der Waals surface area contributed by atoms with Gasteiger partial charge in [-0.2, -0.15) is 0 Å². The van der Waals surface area contributed by atoms with E-state index in [0.717, 1.165) is 42.4 Å². The van der Waals surface area contributed by atoms with E-state index in [9.17, 15) is 4.79 Å². The maximum atomic E-state index is 13.8. The van der Waals surface area contributed by atoms with Gasteiger partial charge < -0.3 is 14.4 Å². The van der Waals surface area contributed by atoms with Gasteiger partial charge in [0.15, 0.2) is 5.82 Å². The largest absolute Gasteiger partial charge is 0.353 e. The molecule has 2 aliphatic carbocycles. The number of imidazole rings is 1. The number of nitrogens with one attached hydrogen (secondary N) is 1. The van der Waals surface area contributed by atoms with Crippen LogP contribution in [0.25, 0.3) is 22.6 Å². The third kappa shape index (κ3) is 4.12. The minimum atomic E-state index is -0.282. The van der Waals surface area contributed by atoms with Crippen molar-refractivity contribution in [2.24, 2.45) is 5.92 Å². The van der Waals surface area contributed by atoms with E-state index in [-0.39, 0.29) is 18.0 Å². The number of amides is 1. The number of hydrogen-bond donors (Lipinski definition) is 1. The summed E-state index contributed by atoms with van der Waals surface area (Å²) in [6.07, 6.45) is 11.6. The number of rotatable bonds is 5. The third-order valence-corrected chi connectivity index (χ3v) is 7.04. The monoisotopic (exact) mass is 420 g/mol. The van der Waals surface area contributed by atoms with Crippen LogP contribution in [0.4, 0.5) is 0 Å². The first-order chi connectivity index (χ1) is 15.2. The molecule has 0 saturated heterocycles. The average molecular weight is 421 g/mol. The Hall–Kier alpha value is -2.63. The molecule has 0 radical (unpaired) electrons. The van der Waals surface area contributed by atoms with Gasteiger partial charge in [0, 0.05) is 12.1 Å². The van der Waals surface area contributed by atoms with Crippen molar-refractivity contribution in [2.45, 2.75) is 83.2 Å². The molecule has 2 aromatic heterocycles. The van der Waals surface area contributed by atoms with E-state index in [1.807, 2.05) is 31.2 Å². The molecule has 6 nitrogen and oxygen atoms in total. The highest BCUT2D eigenvalue weighted by molar-refractivity contribution is 5.87. The highest BCUT2D eigenvalue weighted by Crippen LogP contribution is 2.38. The van der Waals surface area contributed by atoms with Gasteiger partial charge in [-0.25, -0.2) is 4.98 Å². The molecule has 2 aliphatic rings. The van der Waals surface area contributed by atoms with Crippen LogP contribution >= 0.6 is 0 Å². The van der Waals surface area contributed by atoms with Crippen molar-refractivity contribution >= 4 is 16.9 Å². The van der Waals surface area contributed by atoms with Crippen LogP contribution in [0, 0.1) is 12.8 Å². The molecule has 1 unspecified atom stereocenters. The van der Waals surface area contributed by atoms with Crippen LogP contribution < -0.4 is 5.32 Å². The van der Waals surface area contributed by atoms with Crippen LogP contribution in [0.3, 0.4) is 0 Å². The fraction of sp³-hybridized carbons (Fsp3) is 0.560. The van der Waals surface area contributed by atoms with Gasteiger partial charge in [0.1, 0.15) is 6.04 Å². The number of carbonyl (C=O) groups excluding carboxylic acids is 1. The third-order valence-electron chi connectivity index (χ3n) is 7.04.